The van der Waals surface area contributed by atoms with Crippen molar-refractivity contribution in [1.29, 1.82) is 0 Å². The molecular formula is C14H20N2O2. The van der Waals surface area contributed by atoms with Gasteiger partial charge in [-0.3, -0.25) is 0 Å². The highest BCUT2D eigenvalue weighted by Gasteiger charge is 2.21. The highest BCUT2D eigenvalue weighted by molar-refractivity contribution is 5.70. The van der Waals surface area contributed by atoms with Crippen molar-refractivity contribution in [3.8, 4) is 5.75 Å². The maximum atomic E-state index is 11.9. The summed E-state index contributed by atoms with van der Waals surface area (Å²) in [6, 6.07) is 7.86. The number of hydrogen-bond donors (Lipinski definition) is 1. The zero-order chi connectivity index (χ0) is 13.0. The number of piperidine rings is 1. The van der Waals surface area contributed by atoms with Gasteiger partial charge >= 0.3 is 6.09 Å². The van der Waals surface area contributed by atoms with Gasteiger partial charge < -0.3 is 15.4 Å². The van der Waals surface area contributed by atoms with Crippen LogP contribution in [-0.4, -0.2) is 30.1 Å². The van der Waals surface area contributed by atoms with Crippen molar-refractivity contribution in [3.63, 3.8) is 0 Å². The van der Waals surface area contributed by atoms with Crippen LogP contribution in [0.5, 0.6) is 5.75 Å². The Labute approximate surface area is 108 Å². The Hall–Kier alpha value is -1.55. The summed E-state index contributed by atoms with van der Waals surface area (Å²) < 4.78 is 5.33. The highest BCUT2D eigenvalue weighted by atomic mass is 16.6. The average Bonchev–Trinajstić information content (AvgIpc) is 2.40. The Bertz CT molecular complexity index is 395. The zero-order valence-electron chi connectivity index (χ0n) is 10.8. The van der Waals surface area contributed by atoms with E-state index in [2.05, 4.69) is 6.92 Å². The molecule has 4 nitrogen and oxygen atoms in total. The molecule has 0 spiro atoms. The van der Waals surface area contributed by atoms with E-state index in [1.54, 1.807) is 4.90 Å². The van der Waals surface area contributed by atoms with Crippen molar-refractivity contribution in [2.75, 3.05) is 13.1 Å². The summed E-state index contributed by atoms with van der Waals surface area (Å²) in [5.41, 5.74) is 7.04. The van der Waals surface area contributed by atoms with Crippen LogP contribution in [-0.2, 0) is 6.42 Å². The molecule has 1 aliphatic rings. The molecule has 0 aliphatic carbocycles. The molecule has 1 amide bonds. The summed E-state index contributed by atoms with van der Waals surface area (Å²) in [5.74, 6) is 0.604. The highest BCUT2D eigenvalue weighted by Crippen LogP contribution is 2.15. The molecule has 0 unspecified atom stereocenters. The van der Waals surface area contributed by atoms with E-state index in [-0.39, 0.29) is 12.1 Å². The van der Waals surface area contributed by atoms with Crippen molar-refractivity contribution in [2.24, 2.45) is 5.73 Å². The fourth-order valence-electron chi connectivity index (χ4n) is 2.04. The number of hydrogen-bond acceptors (Lipinski definition) is 3. The van der Waals surface area contributed by atoms with Crippen molar-refractivity contribution in [1.82, 2.24) is 4.90 Å². The minimum Gasteiger partial charge on any atom is -0.410 e. The van der Waals surface area contributed by atoms with Gasteiger partial charge in [0.1, 0.15) is 5.75 Å². The molecule has 1 aromatic rings. The topological polar surface area (TPSA) is 55.6 Å². The smallest absolute Gasteiger partial charge is 0.410 e. The molecule has 0 aromatic heterocycles. The van der Waals surface area contributed by atoms with E-state index in [9.17, 15) is 4.79 Å². The largest absolute Gasteiger partial charge is 0.415 e. The van der Waals surface area contributed by atoms with Gasteiger partial charge in [-0.25, -0.2) is 4.79 Å². The van der Waals surface area contributed by atoms with Gasteiger partial charge in [0.25, 0.3) is 0 Å². The van der Waals surface area contributed by atoms with E-state index in [1.807, 2.05) is 24.3 Å². The van der Waals surface area contributed by atoms with Gasteiger partial charge in [-0.05, 0) is 37.0 Å². The molecule has 1 aromatic carbocycles. The molecule has 1 aliphatic heterocycles. The second-order valence-corrected chi connectivity index (χ2v) is 4.69. The number of rotatable bonds is 2. The van der Waals surface area contributed by atoms with Gasteiger partial charge in [-0.2, -0.15) is 0 Å². The van der Waals surface area contributed by atoms with Gasteiger partial charge in [0, 0.05) is 19.1 Å². The molecule has 0 radical (unpaired) electrons. The summed E-state index contributed by atoms with van der Waals surface area (Å²) in [6.45, 7) is 3.47. The minimum atomic E-state index is -0.272. The fourth-order valence-corrected chi connectivity index (χ4v) is 2.04. The van der Waals surface area contributed by atoms with E-state index in [4.69, 9.17) is 10.5 Å². The van der Waals surface area contributed by atoms with Crippen LogP contribution in [0.1, 0.15) is 25.3 Å². The molecule has 2 N–H and O–H groups in total. The maximum absolute atomic E-state index is 11.9. The standard InChI is InChI=1S/C14H20N2O2/c1-2-11-3-5-13(6-4-11)18-14(17)16-9-7-12(15)8-10-16/h3-6,12H,2,7-10,15H2,1H3. The van der Waals surface area contributed by atoms with Crippen LogP contribution in [0.25, 0.3) is 0 Å². The third-order valence-electron chi connectivity index (χ3n) is 3.33. The number of nitrogens with zero attached hydrogens (tertiary/aromatic N) is 1. The Kier molecular flexibility index (Phi) is 4.20. The van der Waals surface area contributed by atoms with Gasteiger partial charge in [0.05, 0.1) is 0 Å². The molecular weight excluding hydrogens is 228 g/mol. The van der Waals surface area contributed by atoms with Crippen molar-refractivity contribution >= 4 is 6.09 Å². The minimum absolute atomic E-state index is 0.220. The van der Waals surface area contributed by atoms with Crippen molar-refractivity contribution in [3.05, 3.63) is 29.8 Å². The van der Waals surface area contributed by atoms with Crippen LogP contribution in [0.2, 0.25) is 0 Å². The molecule has 4 heteroatoms. The SMILES string of the molecule is CCc1ccc(OC(=O)N2CCC(N)CC2)cc1. The van der Waals surface area contributed by atoms with E-state index in [0.29, 0.717) is 18.8 Å². The Balaban J connectivity index is 1.90. The van der Waals surface area contributed by atoms with Crippen molar-refractivity contribution < 1.29 is 9.53 Å². The summed E-state index contributed by atoms with van der Waals surface area (Å²) in [7, 11) is 0. The maximum Gasteiger partial charge on any atom is 0.415 e. The number of likely N-dealkylation sites (tertiary alicyclic amines) is 1. The Morgan fingerprint density at radius 3 is 2.50 bits per heavy atom. The average molecular weight is 248 g/mol. The summed E-state index contributed by atoms with van der Waals surface area (Å²) >= 11 is 0. The summed E-state index contributed by atoms with van der Waals surface area (Å²) in [4.78, 5) is 13.6. The first-order valence-electron chi connectivity index (χ1n) is 6.50. The van der Waals surface area contributed by atoms with Gasteiger partial charge in [-0.15, -0.1) is 0 Å². The molecule has 18 heavy (non-hydrogen) atoms. The number of amides is 1. The lowest BCUT2D eigenvalue weighted by Gasteiger charge is -2.29. The van der Waals surface area contributed by atoms with E-state index in [0.717, 1.165) is 19.3 Å². The van der Waals surface area contributed by atoms with Gasteiger partial charge in [0.15, 0.2) is 0 Å². The molecule has 0 bridgehead atoms. The van der Waals surface area contributed by atoms with Crippen LogP contribution < -0.4 is 10.5 Å². The van der Waals surface area contributed by atoms with E-state index < -0.39 is 0 Å². The number of aryl methyl sites for hydroxylation is 1. The first kappa shape index (κ1) is 12.9. The third-order valence-corrected chi connectivity index (χ3v) is 3.33. The third kappa shape index (κ3) is 3.23. The van der Waals surface area contributed by atoms with Crippen molar-refractivity contribution in [2.45, 2.75) is 32.2 Å². The van der Waals surface area contributed by atoms with E-state index in [1.165, 1.54) is 5.56 Å². The molecule has 2 rings (SSSR count). The van der Waals surface area contributed by atoms with Crippen LogP contribution >= 0.6 is 0 Å². The first-order chi connectivity index (χ1) is 8.69. The van der Waals surface area contributed by atoms with Crippen LogP contribution in [0.3, 0.4) is 0 Å². The summed E-state index contributed by atoms with van der Waals surface area (Å²) in [5, 5.41) is 0. The Morgan fingerprint density at radius 1 is 1.33 bits per heavy atom. The van der Waals surface area contributed by atoms with Gasteiger partial charge in [0.2, 0.25) is 0 Å². The molecule has 1 saturated heterocycles. The Morgan fingerprint density at radius 2 is 1.94 bits per heavy atom. The lowest BCUT2D eigenvalue weighted by atomic mass is 10.1. The zero-order valence-corrected chi connectivity index (χ0v) is 10.8. The summed E-state index contributed by atoms with van der Waals surface area (Å²) in [6.07, 6.45) is 2.41. The molecule has 0 saturated carbocycles. The molecule has 1 heterocycles. The molecule has 98 valence electrons. The molecule has 0 atom stereocenters. The number of carbonyl (C=O) groups excluding carboxylic acids is 1. The second-order valence-electron chi connectivity index (χ2n) is 4.69. The second kappa shape index (κ2) is 5.87. The van der Waals surface area contributed by atoms with E-state index >= 15 is 0 Å². The van der Waals surface area contributed by atoms with Crippen LogP contribution in [0.15, 0.2) is 24.3 Å². The predicted octanol–water partition coefficient (Wildman–Crippen LogP) is 2.17. The van der Waals surface area contributed by atoms with Crippen LogP contribution in [0, 0.1) is 0 Å². The predicted molar refractivity (Wildman–Crippen MR) is 70.6 cm³/mol. The first-order valence-corrected chi connectivity index (χ1v) is 6.50. The fraction of sp³-hybridized carbons (Fsp3) is 0.500. The number of nitrogens with two attached hydrogens (primary N) is 1. The number of ether oxygens (including phenoxy) is 1. The lowest BCUT2D eigenvalue weighted by Crippen LogP contribution is -2.44. The number of carbonyl (C=O) groups is 1. The quantitative estimate of drug-likeness (QED) is 0.872. The van der Waals surface area contributed by atoms with Gasteiger partial charge in [-0.1, -0.05) is 19.1 Å². The van der Waals surface area contributed by atoms with Crippen LogP contribution in [0.4, 0.5) is 4.79 Å². The normalized spacial score (nSPS) is 16.7. The monoisotopic (exact) mass is 248 g/mol. The molecule has 1 fully saturated rings. The lowest BCUT2D eigenvalue weighted by molar-refractivity contribution is 0.139. The number of benzene rings is 1.